The minimum Gasteiger partial charge on any atom is -0.410 e. The van der Waals surface area contributed by atoms with Crippen molar-refractivity contribution in [1.29, 1.82) is 0 Å². The van der Waals surface area contributed by atoms with E-state index in [9.17, 15) is 39.6 Å². The molecule has 4 fully saturated rings. The van der Waals surface area contributed by atoms with E-state index in [4.69, 9.17) is 60.0 Å². The molecule has 8 atom stereocenters. The molecule has 0 bridgehead atoms. The van der Waals surface area contributed by atoms with E-state index in [-0.39, 0.29) is 40.6 Å². The maximum atomic E-state index is 12.5. The topological polar surface area (TPSA) is 356 Å². The predicted molar refractivity (Wildman–Crippen MR) is 310 cm³/mol. The first-order valence-electron chi connectivity index (χ1n) is 26.5. The Balaban J connectivity index is 0.000000180. The maximum absolute atomic E-state index is 12.5. The van der Waals surface area contributed by atoms with Crippen molar-refractivity contribution in [2.24, 2.45) is 11.8 Å². The second kappa shape index (κ2) is 28.4. The highest BCUT2D eigenvalue weighted by Crippen LogP contribution is 2.34. The van der Waals surface area contributed by atoms with Gasteiger partial charge in [-0.3, -0.25) is 18.7 Å². The Hall–Kier alpha value is -7.19. The highest BCUT2D eigenvalue weighted by atomic mass is 127. The number of nitrogens with two attached hydrogens (primary N) is 2. The summed E-state index contributed by atoms with van der Waals surface area (Å²) in [5.41, 5.74) is 13.1. The van der Waals surface area contributed by atoms with Gasteiger partial charge in [-0.25, -0.2) is 39.5 Å². The number of amides is 4. The number of carbonyl (C=O) groups excluding carboxylic acids is 4. The third-order valence-electron chi connectivity index (χ3n) is 13.9. The molecule has 4 aliphatic rings. The van der Waals surface area contributed by atoms with Crippen molar-refractivity contribution in [2.45, 2.75) is 101 Å². The third-order valence-corrected chi connectivity index (χ3v) is 14.9. The smallest absolute Gasteiger partial charge is 0.410 e. The van der Waals surface area contributed by atoms with Crippen LogP contribution in [-0.4, -0.2) is 169 Å². The number of nitrogen functional groups attached to an aromatic ring is 2. The van der Waals surface area contributed by atoms with Crippen LogP contribution in [0.15, 0.2) is 61.2 Å². The SMILES string of the molecule is C#CCC1CCN(C(=O)Oc2ccc(Cl)cc2)CC1.CCNC(=O)[C@H]1O[C@@H](n2cnc3c(N)nc(C#CCC4CCN(C(=O)Oc5ccc(Cl)cc5)CC4)nc32)[C@@H](O)C1O.CCNC(=O)[C@H]1O[C@@H](n2cnc3c(N)nc(I)nc32)[C@@H](O)C1O. The van der Waals surface area contributed by atoms with E-state index in [0.717, 1.165) is 32.1 Å². The third kappa shape index (κ3) is 15.1. The van der Waals surface area contributed by atoms with Gasteiger partial charge in [0.1, 0.15) is 46.9 Å². The molecule has 4 amide bonds. The van der Waals surface area contributed by atoms with Crippen molar-refractivity contribution in [3.05, 3.63) is 80.9 Å². The van der Waals surface area contributed by atoms with Gasteiger partial charge in [0.15, 0.2) is 51.4 Å². The fourth-order valence-electron chi connectivity index (χ4n) is 9.46. The quantitative estimate of drug-likeness (QED) is 0.0549. The summed E-state index contributed by atoms with van der Waals surface area (Å²) in [6.45, 7) is 6.75. The molecule has 8 heterocycles. The lowest BCUT2D eigenvalue weighted by molar-refractivity contribution is -0.138. The van der Waals surface area contributed by atoms with Crippen LogP contribution in [0.2, 0.25) is 10.0 Å². The van der Waals surface area contributed by atoms with Crippen LogP contribution in [0, 0.1) is 39.9 Å². The lowest BCUT2D eigenvalue weighted by Gasteiger charge is -2.30. The summed E-state index contributed by atoms with van der Waals surface area (Å²) < 4.78 is 25.2. The number of rotatable bonds is 10. The van der Waals surface area contributed by atoms with Crippen LogP contribution in [0.5, 0.6) is 11.5 Å². The molecule has 10 rings (SSSR count). The van der Waals surface area contributed by atoms with Crippen LogP contribution in [0.3, 0.4) is 0 Å². The lowest BCUT2D eigenvalue weighted by atomic mass is 9.94. The van der Waals surface area contributed by atoms with Gasteiger partial charge < -0.3 is 71.3 Å². The Labute approximate surface area is 499 Å². The molecule has 4 aromatic heterocycles. The zero-order chi connectivity index (χ0) is 59.5. The second-order valence-electron chi connectivity index (χ2n) is 19.5. The molecule has 0 spiro atoms. The summed E-state index contributed by atoms with van der Waals surface area (Å²) in [6, 6.07) is 13.4. The summed E-state index contributed by atoms with van der Waals surface area (Å²) in [6.07, 6.45) is 2.08. The fourth-order valence-corrected chi connectivity index (χ4v) is 10.2. The number of piperidine rings is 2. The monoisotopic (exact) mass is 1290 g/mol. The number of carbonyl (C=O) groups is 4. The first-order valence-corrected chi connectivity index (χ1v) is 28.3. The average molecular weight is 1300 g/mol. The predicted octanol–water partition coefficient (Wildman–Crippen LogP) is 3.81. The number of aliphatic hydroxyl groups is 4. The molecule has 29 heteroatoms. The molecular weight excluding hydrogens is 1230 g/mol. The molecule has 6 aromatic rings. The van der Waals surface area contributed by atoms with E-state index in [1.54, 1.807) is 72.2 Å². The van der Waals surface area contributed by atoms with Crippen molar-refractivity contribution >= 4 is 104 Å². The van der Waals surface area contributed by atoms with E-state index in [0.29, 0.717) is 88.1 Å². The Morgan fingerprint density at radius 2 is 1.08 bits per heavy atom. The second-order valence-corrected chi connectivity index (χ2v) is 21.4. The molecule has 0 aliphatic carbocycles. The summed E-state index contributed by atoms with van der Waals surface area (Å²) in [7, 11) is 0. The number of nitrogens with one attached hydrogen (secondary N) is 2. The summed E-state index contributed by atoms with van der Waals surface area (Å²) >= 11 is 13.6. The summed E-state index contributed by atoms with van der Waals surface area (Å²) in [4.78, 5) is 77.2. The number of ether oxygens (including phenoxy) is 4. The minimum absolute atomic E-state index is 0.0962. The molecule has 10 N–H and O–H groups in total. The van der Waals surface area contributed by atoms with E-state index in [1.165, 1.54) is 21.8 Å². The fraction of sp³-hybridized carbons (Fsp3) is 0.444. The zero-order valence-electron chi connectivity index (χ0n) is 44.9. The van der Waals surface area contributed by atoms with Crippen molar-refractivity contribution in [3.8, 4) is 35.7 Å². The first-order chi connectivity index (χ1) is 39.9. The van der Waals surface area contributed by atoms with Gasteiger partial charge in [0, 0.05) is 84.7 Å². The van der Waals surface area contributed by atoms with E-state index in [2.05, 4.69) is 58.3 Å². The number of aliphatic hydroxyl groups excluding tert-OH is 4. The Morgan fingerprint density at radius 1 is 0.663 bits per heavy atom. The highest BCUT2D eigenvalue weighted by molar-refractivity contribution is 14.1. The molecule has 2 unspecified atom stereocenters. The molecule has 83 heavy (non-hydrogen) atoms. The Kier molecular flexibility index (Phi) is 21.2. The Morgan fingerprint density at radius 3 is 1.52 bits per heavy atom. The van der Waals surface area contributed by atoms with Gasteiger partial charge >= 0.3 is 12.2 Å². The number of nitrogens with zero attached hydrogens (tertiary/aromatic N) is 10. The largest absolute Gasteiger partial charge is 0.415 e. The molecule has 4 aliphatic heterocycles. The van der Waals surface area contributed by atoms with Gasteiger partial charge in [-0.15, -0.1) is 12.3 Å². The van der Waals surface area contributed by atoms with Gasteiger partial charge in [-0.1, -0.05) is 29.1 Å². The molecule has 4 saturated heterocycles. The minimum atomic E-state index is -1.44. The van der Waals surface area contributed by atoms with Crippen molar-refractivity contribution < 1.29 is 58.6 Å². The summed E-state index contributed by atoms with van der Waals surface area (Å²) in [5, 5.41) is 47.6. The number of imidazole rings is 2. The number of benzene rings is 2. The van der Waals surface area contributed by atoms with Crippen LogP contribution in [0.1, 0.15) is 70.7 Å². The molecule has 440 valence electrons. The van der Waals surface area contributed by atoms with Crippen LogP contribution in [0.4, 0.5) is 21.2 Å². The van der Waals surface area contributed by atoms with Gasteiger partial charge in [-0.2, -0.15) is 0 Å². The number of likely N-dealkylation sites (tertiary alicyclic amines) is 2. The van der Waals surface area contributed by atoms with Crippen LogP contribution < -0.4 is 31.6 Å². The number of fused-ring (bicyclic) bond motifs is 2. The standard InChI is InChI=1S/C27H30ClN7O6.C15H16ClNO2.C12H15IN6O4/c1-2-30-25(38)22-20(36)21(37)26(41-22)35-14-31-19-23(29)32-18(33-24(19)35)5-3-4-15-10-12-34(13-11-15)27(39)40-17-8-6-16(28)7-9-17;1-2-3-12-8-10-17(11-9-12)15(18)19-14-6-4-13(16)5-7-14;1-2-15-10(22)7-5(20)6(21)11(23-7)19-3-16-4-8(14)17-12(13)18-9(4)19/h6-9,14-15,20-22,26,36-37H,2,4,10-13H2,1H3,(H,30,38)(H2,29,32,33);1,4-7,12H,3,8-11H2;3,5-7,11,20-21H,2H2,1H3,(H,15,22)(H2,14,17,18)/t20?,21-,22-,26+;;5?,6-,7-,11+/m0.0/s1. The zero-order valence-corrected chi connectivity index (χ0v) is 48.6. The van der Waals surface area contributed by atoms with Gasteiger partial charge in [0.05, 0.1) is 12.7 Å². The van der Waals surface area contributed by atoms with Crippen molar-refractivity contribution in [1.82, 2.24) is 59.5 Å². The van der Waals surface area contributed by atoms with Crippen LogP contribution in [-0.2, 0) is 19.1 Å². The van der Waals surface area contributed by atoms with Crippen LogP contribution >= 0.6 is 45.8 Å². The normalized spacial score (nSPS) is 22.5. The first kappa shape index (κ1) is 61.9. The number of hydrogen-bond acceptors (Lipinski definition) is 20. The van der Waals surface area contributed by atoms with Crippen LogP contribution in [0.25, 0.3) is 22.3 Å². The molecule has 0 saturated carbocycles. The number of halogens is 3. The van der Waals surface area contributed by atoms with Crippen molar-refractivity contribution in [3.63, 3.8) is 0 Å². The number of hydrogen-bond donors (Lipinski definition) is 8. The van der Waals surface area contributed by atoms with Gasteiger partial charge in [-0.05, 0) is 106 Å². The average Bonchev–Trinajstić information content (AvgIpc) is 3.00. The number of likely N-dealkylation sites (N-methyl/N-ethyl adjacent to an activating group) is 2. The summed E-state index contributed by atoms with van der Waals surface area (Å²) in [5.74, 6) is 9.93. The molecule has 2 aromatic carbocycles. The van der Waals surface area contributed by atoms with Gasteiger partial charge in [0.25, 0.3) is 11.8 Å². The van der Waals surface area contributed by atoms with Crippen molar-refractivity contribution in [2.75, 3.05) is 50.7 Å². The van der Waals surface area contributed by atoms with E-state index in [1.807, 2.05) is 22.6 Å². The number of terminal acetylenes is 1. The molecule has 0 radical (unpaired) electrons. The number of aromatic nitrogens is 8. The molecular formula is C54H61Cl2IN14O12. The van der Waals surface area contributed by atoms with E-state index < -0.39 is 67.0 Å². The lowest BCUT2D eigenvalue weighted by Crippen LogP contribution is -2.42. The maximum Gasteiger partial charge on any atom is 0.415 e. The molecule has 26 nitrogen and oxygen atoms in total. The number of anilines is 2. The highest BCUT2D eigenvalue weighted by Gasteiger charge is 2.49. The van der Waals surface area contributed by atoms with E-state index >= 15 is 0 Å². The van der Waals surface area contributed by atoms with Gasteiger partial charge in [0.2, 0.25) is 5.82 Å². The Bertz CT molecular complexity index is 3360.